The number of carbonyl (C=O) groups is 1. The van der Waals surface area contributed by atoms with Gasteiger partial charge in [-0.3, -0.25) is 4.79 Å². The Morgan fingerprint density at radius 3 is 2.71 bits per heavy atom. The molecule has 0 amide bonds. The van der Waals surface area contributed by atoms with Gasteiger partial charge in [0.1, 0.15) is 5.82 Å². The van der Waals surface area contributed by atoms with E-state index in [1.807, 2.05) is 32.2 Å². The molecule has 2 aromatic rings. The van der Waals surface area contributed by atoms with Crippen LogP contribution in [-0.4, -0.2) is 56.3 Å². The number of aromatic amines is 1. The van der Waals surface area contributed by atoms with Crippen molar-refractivity contribution < 1.29 is 9.90 Å². The lowest BCUT2D eigenvalue weighted by molar-refractivity contribution is -0.143. The first kappa shape index (κ1) is 20.2. The van der Waals surface area contributed by atoms with Gasteiger partial charge in [-0.2, -0.15) is 5.21 Å². The fourth-order valence-corrected chi connectivity index (χ4v) is 3.84. The summed E-state index contributed by atoms with van der Waals surface area (Å²) in [6.45, 7) is 6.74. The Labute approximate surface area is 164 Å². The van der Waals surface area contributed by atoms with E-state index in [0.29, 0.717) is 24.6 Å². The number of nitrogens with one attached hydrogen (secondary N) is 1. The Morgan fingerprint density at radius 1 is 1.39 bits per heavy atom. The van der Waals surface area contributed by atoms with Crippen molar-refractivity contribution in [2.45, 2.75) is 39.0 Å². The summed E-state index contributed by atoms with van der Waals surface area (Å²) in [5, 5.41) is 24.0. The molecule has 3 rings (SSSR count). The van der Waals surface area contributed by atoms with Crippen LogP contribution in [0.3, 0.4) is 0 Å². The van der Waals surface area contributed by atoms with E-state index >= 15 is 0 Å². The second-order valence-electron chi connectivity index (χ2n) is 8.03. The molecule has 0 radical (unpaired) electrons. The monoisotopic (exact) mass is 387 g/mol. The van der Waals surface area contributed by atoms with E-state index < -0.39 is 11.9 Å². The van der Waals surface area contributed by atoms with Crippen LogP contribution >= 0.6 is 0 Å². The molecule has 1 saturated heterocycles. The van der Waals surface area contributed by atoms with Gasteiger partial charge in [-0.25, -0.2) is 4.98 Å². The molecule has 0 aromatic carbocycles. The van der Waals surface area contributed by atoms with Crippen molar-refractivity contribution in [2.75, 3.05) is 24.5 Å². The molecule has 0 aliphatic carbocycles. The number of hydrogen-bond donors (Lipinski definition) is 3. The molecule has 9 heteroatoms. The number of carboxylic acid groups (broad SMARTS) is 1. The number of aromatic nitrogens is 5. The molecule has 9 nitrogen and oxygen atoms in total. The van der Waals surface area contributed by atoms with Crippen molar-refractivity contribution in [2.24, 2.45) is 23.5 Å². The summed E-state index contributed by atoms with van der Waals surface area (Å²) < 4.78 is 0. The van der Waals surface area contributed by atoms with Crippen molar-refractivity contribution in [3.05, 3.63) is 29.7 Å². The van der Waals surface area contributed by atoms with Crippen molar-refractivity contribution in [3.63, 3.8) is 0 Å². The van der Waals surface area contributed by atoms with Crippen LogP contribution in [0.4, 0.5) is 5.82 Å². The van der Waals surface area contributed by atoms with Crippen LogP contribution < -0.4 is 10.6 Å². The molecule has 2 atom stereocenters. The Bertz CT molecular complexity index is 742. The minimum Gasteiger partial charge on any atom is -0.481 e. The van der Waals surface area contributed by atoms with Gasteiger partial charge >= 0.3 is 5.97 Å². The van der Waals surface area contributed by atoms with Gasteiger partial charge in [0, 0.05) is 25.2 Å². The zero-order chi connectivity index (χ0) is 20.1. The summed E-state index contributed by atoms with van der Waals surface area (Å²) in [5.74, 6) is 0.522. The molecule has 4 N–H and O–H groups in total. The molecule has 1 aliphatic heterocycles. The lowest BCUT2D eigenvalue weighted by Crippen LogP contribution is -2.47. The van der Waals surface area contributed by atoms with Gasteiger partial charge in [0.25, 0.3) is 0 Å². The lowest BCUT2D eigenvalue weighted by atomic mass is 9.81. The third-order valence-corrected chi connectivity index (χ3v) is 5.34. The Kier molecular flexibility index (Phi) is 6.56. The third-order valence-electron chi connectivity index (χ3n) is 5.34. The number of rotatable bonds is 10. The Morgan fingerprint density at radius 2 is 2.18 bits per heavy atom. The molecule has 152 valence electrons. The maximum atomic E-state index is 11.9. The van der Waals surface area contributed by atoms with Crippen LogP contribution in [0.5, 0.6) is 0 Å². The van der Waals surface area contributed by atoms with Crippen LogP contribution in [0, 0.1) is 17.8 Å². The van der Waals surface area contributed by atoms with E-state index in [2.05, 4.69) is 30.5 Å². The van der Waals surface area contributed by atoms with E-state index in [1.54, 1.807) is 0 Å². The molecule has 1 aliphatic rings. The summed E-state index contributed by atoms with van der Waals surface area (Å²) in [6.07, 6.45) is 3.93. The summed E-state index contributed by atoms with van der Waals surface area (Å²) >= 11 is 0. The molecule has 28 heavy (non-hydrogen) atoms. The minimum atomic E-state index is -0.834. The molecular weight excluding hydrogens is 358 g/mol. The highest BCUT2D eigenvalue weighted by Gasteiger charge is 2.33. The van der Waals surface area contributed by atoms with Crippen molar-refractivity contribution in [1.29, 1.82) is 0 Å². The summed E-state index contributed by atoms with van der Waals surface area (Å²) in [4.78, 5) is 18.7. The first-order chi connectivity index (χ1) is 13.5. The number of nitrogens with two attached hydrogens (primary N) is 1. The first-order valence-corrected chi connectivity index (χ1v) is 9.84. The fourth-order valence-electron chi connectivity index (χ4n) is 3.84. The van der Waals surface area contributed by atoms with E-state index in [0.717, 1.165) is 37.4 Å². The highest BCUT2D eigenvalue weighted by molar-refractivity contribution is 5.71. The van der Waals surface area contributed by atoms with Crippen molar-refractivity contribution in [3.8, 4) is 0 Å². The number of carboxylic acids is 1. The molecule has 2 aromatic heterocycles. The van der Waals surface area contributed by atoms with Crippen LogP contribution in [0.25, 0.3) is 0 Å². The molecule has 2 unspecified atom stereocenters. The zero-order valence-electron chi connectivity index (χ0n) is 16.5. The van der Waals surface area contributed by atoms with Gasteiger partial charge in [-0.1, -0.05) is 25.1 Å². The fraction of sp³-hybridized carbons (Fsp3) is 0.632. The molecular formula is C19H29N7O2. The molecule has 3 heterocycles. The highest BCUT2D eigenvalue weighted by atomic mass is 16.4. The topological polar surface area (TPSA) is 134 Å². The molecule has 0 saturated carbocycles. The summed E-state index contributed by atoms with van der Waals surface area (Å²) in [6, 6.07) is 4.01. The number of pyridine rings is 1. The van der Waals surface area contributed by atoms with Gasteiger partial charge in [-0.05, 0) is 49.3 Å². The van der Waals surface area contributed by atoms with E-state index in [9.17, 15) is 9.90 Å². The standard InChI is InChI=1S/C19H29N7O2/c1-12(2)7-16(19(27)28)15(18-22-24-25-23-18)8-13-3-4-17(21-9-13)26-10-14(11-26)5-6-20/h3-4,9,12,14-16H,5-8,10-11,20H2,1-2H3,(H,27,28)(H,22,23,24,25). The quantitative estimate of drug-likeness (QED) is 0.558. The number of anilines is 1. The molecule has 1 fully saturated rings. The van der Waals surface area contributed by atoms with Gasteiger partial charge in [0.15, 0.2) is 5.82 Å². The normalized spacial score (nSPS) is 16.8. The second-order valence-corrected chi connectivity index (χ2v) is 8.03. The number of hydrogen-bond acceptors (Lipinski definition) is 7. The van der Waals surface area contributed by atoms with E-state index in [1.165, 1.54) is 0 Å². The van der Waals surface area contributed by atoms with Crippen LogP contribution in [0.15, 0.2) is 18.3 Å². The highest BCUT2D eigenvalue weighted by Crippen LogP contribution is 2.32. The molecule has 0 spiro atoms. The average Bonchev–Trinajstić information content (AvgIpc) is 3.15. The van der Waals surface area contributed by atoms with E-state index in [-0.39, 0.29) is 11.8 Å². The number of tetrazole rings is 1. The van der Waals surface area contributed by atoms with Crippen LogP contribution in [-0.2, 0) is 11.2 Å². The van der Waals surface area contributed by atoms with Gasteiger partial charge < -0.3 is 15.7 Å². The number of nitrogens with zero attached hydrogens (tertiary/aromatic N) is 5. The number of H-pyrrole nitrogens is 1. The Hall–Kier alpha value is -2.55. The van der Waals surface area contributed by atoms with Crippen molar-refractivity contribution >= 4 is 11.8 Å². The summed E-state index contributed by atoms with van der Waals surface area (Å²) in [7, 11) is 0. The minimum absolute atomic E-state index is 0.254. The number of aliphatic carboxylic acids is 1. The van der Waals surface area contributed by atoms with Gasteiger partial charge in [-0.15, -0.1) is 10.2 Å². The SMILES string of the molecule is CC(C)CC(C(=O)O)C(Cc1ccc(N2CC(CCN)C2)nc1)c1nn[nH]n1. The smallest absolute Gasteiger partial charge is 0.307 e. The van der Waals surface area contributed by atoms with E-state index in [4.69, 9.17) is 5.73 Å². The molecule has 0 bridgehead atoms. The summed E-state index contributed by atoms with van der Waals surface area (Å²) in [5.41, 5.74) is 6.58. The lowest BCUT2D eigenvalue weighted by Gasteiger charge is -2.40. The van der Waals surface area contributed by atoms with Crippen LogP contribution in [0.2, 0.25) is 0 Å². The third kappa shape index (κ3) is 4.83. The zero-order valence-corrected chi connectivity index (χ0v) is 16.5. The van der Waals surface area contributed by atoms with Crippen molar-refractivity contribution in [1.82, 2.24) is 25.6 Å². The van der Waals surface area contributed by atoms with Crippen LogP contribution in [0.1, 0.15) is 44.0 Å². The van der Waals surface area contributed by atoms with Gasteiger partial charge in [0.05, 0.1) is 5.92 Å². The average molecular weight is 387 g/mol. The largest absolute Gasteiger partial charge is 0.481 e. The predicted octanol–water partition coefficient (Wildman–Crippen LogP) is 1.45. The first-order valence-electron chi connectivity index (χ1n) is 9.84. The maximum absolute atomic E-state index is 11.9. The predicted molar refractivity (Wildman–Crippen MR) is 105 cm³/mol. The Balaban J connectivity index is 1.71. The van der Waals surface area contributed by atoms with Gasteiger partial charge in [0.2, 0.25) is 0 Å². The second kappa shape index (κ2) is 9.09. The maximum Gasteiger partial charge on any atom is 0.307 e.